The van der Waals surface area contributed by atoms with Crippen molar-refractivity contribution in [2.75, 3.05) is 13.7 Å². The van der Waals surface area contributed by atoms with Crippen molar-refractivity contribution >= 4 is 5.97 Å². The zero-order valence-electron chi connectivity index (χ0n) is 8.59. The smallest absolute Gasteiger partial charge is 0.323 e. The quantitative estimate of drug-likeness (QED) is 0.664. The fourth-order valence-corrected chi connectivity index (χ4v) is 1.65. The molecule has 1 atom stereocenters. The first-order chi connectivity index (χ1) is 7.31. The second-order valence-electron chi connectivity index (χ2n) is 3.50. The summed E-state index contributed by atoms with van der Waals surface area (Å²) in [6.45, 7) is 1.60. The summed E-state index contributed by atoms with van der Waals surface area (Å²) in [6, 6.07) is 1.76. The van der Waals surface area contributed by atoms with Gasteiger partial charge in [-0.25, -0.2) is 9.97 Å². The zero-order valence-corrected chi connectivity index (χ0v) is 8.59. The van der Waals surface area contributed by atoms with Crippen LogP contribution in [0, 0.1) is 0 Å². The lowest BCUT2D eigenvalue weighted by molar-refractivity contribution is -0.152. The van der Waals surface area contributed by atoms with Crippen LogP contribution in [-0.2, 0) is 16.1 Å². The molecule has 2 rings (SSSR count). The van der Waals surface area contributed by atoms with Crippen molar-refractivity contribution in [1.29, 1.82) is 0 Å². The average molecular weight is 207 g/mol. The summed E-state index contributed by atoms with van der Waals surface area (Å²) in [5, 5.41) is 0. The molecule has 0 spiro atoms. The van der Waals surface area contributed by atoms with Crippen LogP contribution >= 0.6 is 0 Å². The molecule has 0 amide bonds. The van der Waals surface area contributed by atoms with Crippen molar-refractivity contribution in [3.63, 3.8) is 0 Å². The molecule has 15 heavy (non-hydrogen) atoms. The van der Waals surface area contributed by atoms with E-state index in [9.17, 15) is 4.79 Å². The molecular weight excluding hydrogens is 194 g/mol. The highest BCUT2D eigenvalue weighted by Gasteiger charge is 2.34. The molecule has 1 aromatic heterocycles. The van der Waals surface area contributed by atoms with E-state index in [4.69, 9.17) is 4.74 Å². The van der Waals surface area contributed by atoms with Crippen molar-refractivity contribution in [3.8, 4) is 0 Å². The van der Waals surface area contributed by atoms with Crippen LogP contribution in [0.15, 0.2) is 18.6 Å². The van der Waals surface area contributed by atoms with Gasteiger partial charge in [-0.15, -0.1) is 0 Å². The lowest BCUT2D eigenvalue weighted by atomic mass is 10.0. The number of hydrogen-bond donors (Lipinski definition) is 0. The standard InChI is InChI=1S/C10H13N3O2/c1-15-10(14)9-3-5-13(9)6-8-2-4-11-7-12-8/h2,4,7,9H,3,5-6H2,1H3. The molecule has 5 heteroatoms. The van der Waals surface area contributed by atoms with Gasteiger partial charge in [0.25, 0.3) is 0 Å². The van der Waals surface area contributed by atoms with E-state index in [1.807, 2.05) is 11.0 Å². The third-order valence-electron chi connectivity index (χ3n) is 2.61. The average Bonchev–Trinajstić information content (AvgIpc) is 2.25. The van der Waals surface area contributed by atoms with Crippen LogP contribution < -0.4 is 0 Å². The second kappa shape index (κ2) is 4.35. The number of nitrogens with zero attached hydrogens (tertiary/aromatic N) is 3. The van der Waals surface area contributed by atoms with Crippen LogP contribution in [0.25, 0.3) is 0 Å². The summed E-state index contributed by atoms with van der Waals surface area (Å²) in [4.78, 5) is 21.3. The molecule has 5 nitrogen and oxygen atoms in total. The molecule has 1 aliphatic rings. The van der Waals surface area contributed by atoms with E-state index in [0.717, 1.165) is 18.7 Å². The maximum atomic E-state index is 11.3. The molecule has 1 saturated heterocycles. The molecule has 0 N–H and O–H groups in total. The van der Waals surface area contributed by atoms with E-state index in [1.54, 1.807) is 6.20 Å². The highest BCUT2D eigenvalue weighted by Crippen LogP contribution is 2.20. The van der Waals surface area contributed by atoms with Gasteiger partial charge in [0, 0.05) is 19.3 Å². The first-order valence-corrected chi connectivity index (χ1v) is 4.88. The molecule has 0 radical (unpaired) electrons. The molecule has 2 heterocycles. The van der Waals surface area contributed by atoms with Crippen LogP contribution in [0.4, 0.5) is 0 Å². The topological polar surface area (TPSA) is 55.3 Å². The Morgan fingerprint density at radius 3 is 3.13 bits per heavy atom. The van der Waals surface area contributed by atoms with Crippen LogP contribution in [0.1, 0.15) is 12.1 Å². The molecule has 1 aromatic rings. The van der Waals surface area contributed by atoms with Gasteiger partial charge in [0.05, 0.1) is 12.8 Å². The summed E-state index contributed by atoms with van der Waals surface area (Å²) in [5.74, 6) is -0.157. The van der Waals surface area contributed by atoms with Gasteiger partial charge in [-0.2, -0.15) is 0 Å². The van der Waals surface area contributed by atoms with Crippen molar-refractivity contribution in [1.82, 2.24) is 14.9 Å². The Labute approximate surface area is 88.1 Å². The molecule has 0 bridgehead atoms. The van der Waals surface area contributed by atoms with Crippen molar-refractivity contribution in [2.45, 2.75) is 19.0 Å². The third kappa shape index (κ3) is 2.12. The van der Waals surface area contributed by atoms with Gasteiger partial charge >= 0.3 is 5.97 Å². The lowest BCUT2D eigenvalue weighted by Crippen LogP contribution is -2.52. The maximum absolute atomic E-state index is 11.3. The van der Waals surface area contributed by atoms with Crippen molar-refractivity contribution in [3.05, 3.63) is 24.3 Å². The largest absolute Gasteiger partial charge is 0.468 e. The third-order valence-corrected chi connectivity index (χ3v) is 2.61. The highest BCUT2D eigenvalue weighted by atomic mass is 16.5. The van der Waals surface area contributed by atoms with Gasteiger partial charge in [-0.05, 0) is 12.5 Å². The summed E-state index contributed by atoms with van der Waals surface area (Å²) < 4.78 is 4.71. The Bertz CT molecular complexity index is 342. The summed E-state index contributed by atoms with van der Waals surface area (Å²) in [7, 11) is 1.42. The monoisotopic (exact) mass is 207 g/mol. The number of methoxy groups -OCH3 is 1. The fourth-order valence-electron chi connectivity index (χ4n) is 1.65. The van der Waals surface area contributed by atoms with E-state index in [1.165, 1.54) is 13.4 Å². The van der Waals surface area contributed by atoms with Gasteiger partial charge in [0.15, 0.2) is 0 Å². The van der Waals surface area contributed by atoms with E-state index in [-0.39, 0.29) is 12.0 Å². The zero-order chi connectivity index (χ0) is 10.7. The number of esters is 1. The fraction of sp³-hybridized carbons (Fsp3) is 0.500. The molecule has 80 valence electrons. The van der Waals surface area contributed by atoms with Crippen molar-refractivity contribution in [2.24, 2.45) is 0 Å². The molecule has 0 aromatic carbocycles. The molecule has 0 aliphatic carbocycles. The lowest BCUT2D eigenvalue weighted by Gasteiger charge is -2.38. The van der Waals surface area contributed by atoms with Gasteiger partial charge in [0.1, 0.15) is 12.4 Å². The maximum Gasteiger partial charge on any atom is 0.323 e. The Kier molecular flexibility index (Phi) is 2.91. The minimum Gasteiger partial charge on any atom is -0.468 e. The number of likely N-dealkylation sites (tertiary alicyclic amines) is 1. The summed E-state index contributed by atoms with van der Waals surface area (Å²) >= 11 is 0. The number of ether oxygens (including phenoxy) is 1. The van der Waals surface area contributed by atoms with E-state index >= 15 is 0 Å². The van der Waals surface area contributed by atoms with Gasteiger partial charge in [-0.1, -0.05) is 0 Å². The summed E-state index contributed by atoms with van der Waals surface area (Å²) in [5.41, 5.74) is 0.929. The van der Waals surface area contributed by atoms with Gasteiger partial charge < -0.3 is 4.74 Å². The molecule has 0 saturated carbocycles. The second-order valence-corrected chi connectivity index (χ2v) is 3.50. The van der Waals surface area contributed by atoms with Crippen LogP contribution in [0.5, 0.6) is 0 Å². The van der Waals surface area contributed by atoms with Gasteiger partial charge in [0.2, 0.25) is 0 Å². The first-order valence-electron chi connectivity index (χ1n) is 4.88. The van der Waals surface area contributed by atoms with Gasteiger partial charge in [-0.3, -0.25) is 9.69 Å². The normalized spacial score (nSPS) is 20.7. The number of hydrogen-bond acceptors (Lipinski definition) is 5. The SMILES string of the molecule is COC(=O)C1CCN1Cc1ccncn1. The Morgan fingerprint density at radius 2 is 2.60 bits per heavy atom. The minimum atomic E-state index is -0.157. The first kappa shape index (κ1) is 10.0. The number of carbonyl (C=O) groups is 1. The number of carbonyl (C=O) groups excluding carboxylic acids is 1. The predicted octanol–water partition coefficient (Wildman–Crippen LogP) is 0.224. The van der Waals surface area contributed by atoms with Crippen LogP contribution in [0.3, 0.4) is 0 Å². The number of aromatic nitrogens is 2. The van der Waals surface area contributed by atoms with Crippen LogP contribution in [0.2, 0.25) is 0 Å². The molecule has 1 aliphatic heterocycles. The Morgan fingerprint density at radius 1 is 1.73 bits per heavy atom. The van der Waals surface area contributed by atoms with Crippen molar-refractivity contribution < 1.29 is 9.53 Å². The molecular formula is C10H13N3O2. The minimum absolute atomic E-state index is 0.0926. The van der Waals surface area contributed by atoms with E-state index in [2.05, 4.69) is 9.97 Å². The summed E-state index contributed by atoms with van der Waals surface area (Å²) in [6.07, 6.45) is 4.09. The van der Waals surface area contributed by atoms with E-state index < -0.39 is 0 Å². The predicted molar refractivity (Wildman–Crippen MR) is 52.9 cm³/mol. The Hall–Kier alpha value is -1.49. The molecule has 1 fully saturated rings. The van der Waals surface area contributed by atoms with E-state index in [0.29, 0.717) is 6.54 Å². The number of rotatable bonds is 3. The molecule has 1 unspecified atom stereocenters. The Balaban J connectivity index is 1.94. The van der Waals surface area contributed by atoms with Crippen LogP contribution in [-0.4, -0.2) is 40.5 Å². The highest BCUT2D eigenvalue weighted by molar-refractivity contribution is 5.76.